The number of likely N-dealkylation sites (tertiary alicyclic amines) is 1. The maximum absolute atomic E-state index is 11.7. The van der Waals surface area contributed by atoms with Crippen molar-refractivity contribution < 1.29 is 9.53 Å². The first kappa shape index (κ1) is 13.8. The summed E-state index contributed by atoms with van der Waals surface area (Å²) in [4.78, 5) is 13.6. The molecule has 0 spiro atoms. The standard InChI is InChI=1S/C12H22BrNO2/c1-2-3-9-16-12(15)14-8-4-5-11(10-14)6-7-13/h11H,2-10H2,1H3. The number of rotatable bonds is 5. The lowest BCUT2D eigenvalue weighted by Gasteiger charge is -2.31. The lowest BCUT2D eigenvalue weighted by Crippen LogP contribution is -2.40. The van der Waals surface area contributed by atoms with Gasteiger partial charge in [0, 0.05) is 18.4 Å². The Balaban J connectivity index is 2.26. The molecule has 16 heavy (non-hydrogen) atoms. The number of unbranched alkanes of at least 4 members (excludes halogenated alkanes) is 1. The van der Waals surface area contributed by atoms with E-state index in [9.17, 15) is 4.79 Å². The number of carbonyl (C=O) groups is 1. The Morgan fingerprint density at radius 3 is 3.06 bits per heavy atom. The summed E-state index contributed by atoms with van der Waals surface area (Å²) in [6.07, 6.45) is 5.42. The Bertz CT molecular complexity index is 209. The van der Waals surface area contributed by atoms with Crippen molar-refractivity contribution >= 4 is 22.0 Å². The fraction of sp³-hybridized carbons (Fsp3) is 0.917. The molecular formula is C12H22BrNO2. The average molecular weight is 292 g/mol. The van der Waals surface area contributed by atoms with Crippen LogP contribution in [0.3, 0.4) is 0 Å². The second kappa shape index (κ2) is 7.93. The monoisotopic (exact) mass is 291 g/mol. The van der Waals surface area contributed by atoms with Crippen LogP contribution >= 0.6 is 15.9 Å². The highest BCUT2D eigenvalue weighted by atomic mass is 79.9. The van der Waals surface area contributed by atoms with Crippen molar-refractivity contribution in [2.45, 2.75) is 39.0 Å². The zero-order valence-corrected chi connectivity index (χ0v) is 11.7. The summed E-state index contributed by atoms with van der Waals surface area (Å²) in [5.74, 6) is 0.645. The minimum atomic E-state index is -0.118. The molecule has 1 aliphatic rings. The third kappa shape index (κ3) is 4.73. The Morgan fingerprint density at radius 1 is 1.56 bits per heavy atom. The van der Waals surface area contributed by atoms with Crippen LogP contribution in [0.5, 0.6) is 0 Å². The highest BCUT2D eigenvalue weighted by molar-refractivity contribution is 9.09. The van der Waals surface area contributed by atoms with E-state index in [0.717, 1.165) is 44.1 Å². The summed E-state index contributed by atoms with van der Waals surface area (Å²) in [6.45, 7) is 4.40. The van der Waals surface area contributed by atoms with Crippen LogP contribution in [-0.4, -0.2) is 36.0 Å². The molecule has 1 fully saturated rings. The molecule has 94 valence electrons. The molecular weight excluding hydrogens is 270 g/mol. The number of ether oxygens (including phenoxy) is 1. The van der Waals surface area contributed by atoms with E-state index in [0.29, 0.717) is 12.5 Å². The second-order valence-electron chi connectivity index (χ2n) is 4.40. The molecule has 4 heteroatoms. The van der Waals surface area contributed by atoms with Crippen molar-refractivity contribution in [3.63, 3.8) is 0 Å². The van der Waals surface area contributed by atoms with E-state index < -0.39 is 0 Å². The molecule has 1 atom stereocenters. The Hall–Kier alpha value is -0.250. The predicted octanol–water partition coefficient (Wildman–Crippen LogP) is 3.42. The van der Waals surface area contributed by atoms with E-state index in [2.05, 4.69) is 22.9 Å². The predicted molar refractivity (Wildman–Crippen MR) is 69.0 cm³/mol. The van der Waals surface area contributed by atoms with Gasteiger partial charge in [-0.2, -0.15) is 0 Å². The van der Waals surface area contributed by atoms with Crippen LogP contribution in [0.4, 0.5) is 4.79 Å². The molecule has 3 nitrogen and oxygen atoms in total. The average Bonchev–Trinajstić information content (AvgIpc) is 2.30. The Labute approximate surface area is 107 Å². The number of alkyl halides is 1. The van der Waals surface area contributed by atoms with Gasteiger partial charge < -0.3 is 9.64 Å². The molecule has 0 bridgehead atoms. The molecule has 1 rings (SSSR count). The van der Waals surface area contributed by atoms with Gasteiger partial charge in [0.15, 0.2) is 0 Å². The zero-order valence-electron chi connectivity index (χ0n) is 10.1. The van der Waals surface area contributed by atoms with Gasteiger partial charge in [0.1, 0.15) is 0 Å². The summed E-state index contributed by atoms with van der Waals surface area (Å²) < 4.78 is 5.22. The maximum atomic E-state index is 11.7. The lowest BCUT2D eigenvalue weighted by atomic mass is 9.96. The third-order valence-corrected chi connectivity index (χ3v) is 3.48. The van der Waals surface area contributed by atoms with Gasteiger partial charge in [-0.3, -0.25) is 0 Å². The van der Waals surface area contributed by atoms with Crippen molar-refractivity contribution in [3.8, 4) is 0 Å². The molecule has 1 aliphatic heterocycles. The largest absolute Gasteiger partial charge is 0.449 e. The number of amides is 1. The second-order valence-corrected chi connectivity index (χ2v) is 5.19. The smallest absolute Gasteiger partial charge is 0.409 e. The first-order valence-electron chi connectivity index (χ1n) is 6.25. The minimum absolute atomic E-state index is 0.118. The van der Waals surface area contributed by atoms with Crippen LogP contribution in [0, 0.1) is 5.92 Å². The van der Waals surface area contributed by atoms with Crippen LogP contribution in [-0.2, 0) is 4.74 Å². The molecule has 1 heterocycles. The summed E-state index contributed by atoms with van der Waals surface area (Å²) in [6, 6.07) is 0. The van der Waals surface area contributed by atoms with Gasteiger partial charge in [-0.15, -0.1) is 0 Å². The van der Waals surface area contributed by atoms with Crippen LogP contribution in [0.2, 0.25) is 0 Å². The molecule has 0 aromatic rings. The van der Waals surface area contributed by atoms with E-state index >= 15 is 0 Å². The first-order chi connectivity index (χ1) is 7.77. The minimum Gasteiger partial charge on any atom is -0.449 e. The number of halogens is 1. The molecule has 0 aliphatic carbocycles. The van der Waals surface area contributed by atoms with Crippen LogP contribution in [0.25, 0.3) is 0 Å². The quantitative estimate of drug-likeness (QED) is 0.574. The number of piperidine rings is 1. The van der Waals surface area contributed by atoms with Crippen molar-refractivity contribution in [2.75, 3.05) is 25.0 Å². The van der Waals surface area contributed by atoms with E-state index in [1.807, 2.05) is 4.90 Å². The van der Waals surface area contributed by atoms with Crippen molar-refractivity contribution in [3.05, 3.63) is 0 Å². The SMILES string of the molecule is CCCCOC(=O)N1CCCC(CCBr)C1. The molecule has 0 radical (unpaired) electrons. The van der Waals surface area contributed by atoms with Gasteiger partial charge in [-0.1, -0.05) is 29.3 Å². The van der Waals surface area contributed by atoms with E-state index in [1.54, 1.807) is 0 Å². The van der Waals surface area contributed by atoms with Gasteiger partial charge >= 0.3 is 6.09 Å². The normalized spacial score (nSPS) is 20.9. The van der Waals surface area contributed by atoms with Gasteiger partial charge in [0.25, 0.3) is 0 Å². The number of carbonyl (C=O) groups excluding carboxylic acids is 1. The Kier molecular flexibility index (Phi) is 6.85. The van der Waals surface area contributed by atoms with Gasteiger partial charge in [0.05, 0.1) is 6.61 Å². The molecule has 0 saturated carbocycles. The zero-order chi connectivity index (χ0) is 11.8. The first-order valence-corrected chi connectivity index (χ1v) is 7.37. The fourth-order valence-electron chi connectivity index (χ4n) is 2.02. The van der Waals surface area contributed by atoms with Gasteiger partial charge in [0.2, 0.25) is 0 Å². The van der Waals surface area contributed by atoms with Crippen LogP contribution in [0.1, 0.15) is 39.0 Å². The lowest BCUT2D eigenvalue weighted by molar-refractivity contribution is 0.0831. The van der Waals surface area contributed by atoms with E-state index in [-0.39, 0.29) is 6.09 Å². The highest BCUT2D eigenvalue weighted by Gasteiger charge is 2.23. The van der Waals surface area contributed by atoms with E-state index in [4.69, 9.17) is 4.74 Å². The summed E-state index contributed by atoms with van der Waals surface area (Å²) in [5, 5.41) is 1.02. The molecule has 1 amide bonds. The van der Waals surface area contributed by atoms with Gasteiger partial charge in [-0.05, 0) is 31.6 Å². The number of hydrogen-bond acceptors (Lipinski definition) is 2. The summed E-state index contributed by atoms with van der Waals surface area (Å²) >= 11 is 3.46. The molecule has 0 aromatic carbocycles. The number of nitrogens with zero attached hydrogens (tertiary/aromatic N) is 1. The Morgan fingerprint density at radius 2 is 2.38 bits per heavy atom. The van der Waals surface area contributed by atoms with Crippen molar-refractivity contribution in [1.82, 2.24) is 4.90 Å². The molecule has 0 aromatic heterocycles. The van der Waals surface area contributed by atoms with Gasteiger partial charge in [-0.25, -0.2) is 4.79 Å². The van der Waals surface area contributed by atoms with Crippen molar-refractivity contribution in [1.29, 1.82) is 0 Å². The number of hydrogen-bond donors (Lipinski definition) is 0. The summed E-state index contributed by atoms with van der Waals surface area (Å²) in [7, 11) is 0. The van der Waals surface area contributed by atoms with Crippen molar-refractivity contribution in [2.24, 2.45) is 5.92 Å². The summed E-state index contributed by atoms with van der Waals surface area (Å²) in [5.41, 5.74) is 0. The van der Waals surface area contributed by atoms with Crippen LogP contribution < -0.4 is 0 Å². The molecule has 1 unspecified atom stereocenters. The molecule has 1 saturated heterocycles. The third-order valence-electron chi connectivity index (χ3n) is 3.02. The molecule has 0 N–H and O–H groups in total. The topological polar surface area (TPSA) is 29.5 Å². The van der Waals surface area contributed by atoms with E-state index in [1.165, 1.54) is 6.42 Å². The highest BCUT2D eigenvalue weighted by Crippen LogP contribution is 2.20. The van der Waals surface area contributed by atoms with Crippen LogP contribution in [0.15, 0.2) is 0 Å². The maximum Gasteiger partial charge on any atom is 0.409 e. The fourth-order valence-corrected chi connectivity index (χ4v) is 2.66.